The van der Waals surface area contributed by atoms with Gasteiger partial charge in [0.2, 0.25) is 0 Å². The Labute approximate surface area is 734 Å². The maximum atomic E-state index is 13.6. The minimum atomic E-state index is -0.180. The normalized spacial score (nSPS) is 12.2. The van der Waals surface area contributed by atoms with Crippen molar-refractivity contribution >= 4 is 130 Å². The van der Waals surface area contributed by atoms with Crippen molar-refractivity contribution in [3.8, 4) is 56.3 Å². The summed E-state index contributed by atoms with van der Waals surface area (Å²) in [6.45, 7) is 2.22. The first-order chi connectivity index (χ1) is 62.8. The number of ketones is 5. The van der Waals surface area contributed by atoms with Crippen LogP contribution in [-0.2, 0) is 13.1 Å². The highest BCUT2D eigenvalue weighted by atomic mass is 35.5. The number of carbonyl (C=O) groups excluding carboxylic acids is 7. The van der Waals surface area contributed by atoms with Crippen LogP contribution in [0.5, 0.6) is 0 Å². The first-order valence-corrected chi connectivity index (χ1v) is 41.7. The lowest BCUT2D eigenvalue weighted by Gasteiger charge is -2.19. The van der Waals surface area contributed by atoms with Gasteiger partial charge in [-0.1, -0.05) is 230 Å². The third-order valence-electron chi connectivity index (χ3n) is 23.3. The first kappa shape index (κ1) is 79.6. The number of amides is 2. The van der Waals surface area contributed by atoms with E-state index in [1.165, 1.54) is 5.56 Å². The fourth-order valence-electron chi connectivity index (χ4n) is 17.6. The molecule has 24 rings (SSSR count). The molecule has 0 unspecified atom stereocenters. The van der Waals surface area contributed by atoms with Crippen LogP contribution in [0.15, 0.2) is 303 Å². The maximum Gasteiger partial charge on any atom is 0.252 e. The molecule has 2 amide bonds. The number of hydrogen-bond donors (Lipinski definition) is 11. The van der Waals surface area contributed by atoms with E-state index in [0.29, 0.717) is 96.2 Å². The molecular formula is C102H75ClN18O7. The molecule has 0 saturated carbocycles. The lowest BCUT2D eigenvalue weighted by Crippen LogP contribution is -2.29. The van der Waals surface area contributed by atoms with Crippen molar-refractivity contribution in [1.29, 1.82) is 0 Å². The van der Waals surface area contributed by atoms with E-state index in [2.05, 4.69) is 86.8 Å². The van der Waals surface area contributed by atoms with E-state index >= 15 is 0 Å². The number of H-pyrrole nitrogens is 3. The Balaban J connectivity index is 0.000000102. The predicted octanol–water partition coefficient (Wildman–Crippen LogP) is 17.8. The number of benzene rings is 14. The summed E-state index contributed by atoms with van der Waals surface area (Å²) in [5.41, 5.74) is 36.5. The Morgan fingerprint density at radius 3 is 0.930 bits per heavy atom. The zero-order chi connectivity index (χ0) is 87.2. The summed E-state index contributed by atoms with van der Waals surface area (Å²) < 4.78 is 3.95. The average molecular weight is 1700 g/mol. The molecule has 5 aliphatic rings. The molecule has 0 fully saturated rings. The van der Waals surface area contributed by atoms with E-state index in [-0.39, 0.29) is 67.4 Å². The van der Waals surface area contributed by atoms with Crippen molar-refractivity contribution < 1.29 is 33.6 Å². The van der Waals surface area contributed by atoms with Crippen LogP contribution in [-0.4, -0.2) is 118 Å². The Hall–Kier alpha value is -16.9. The molecule has 128 heavy (non-hydrogen) atoms. The van der Waals surface area contributed by atoms with Gasteiger partial charge in [-0.2, -0.15) is 25.5 Å². The molecular weight excluding hydrogens is 1620 g/mol. The first-order valence-electron chi connectivity index (χ1n) is 41.4. The third kappa shape index (κ3) is 14.2. The number of aromatic nitrogens is 10. The van der Waals surface area contributed by atoms with Crippen molar-refractivity contribution in [3.05, 3.63) is 386 Å². The number of nitrogens with one attached hydrogen (secondary N) is 9. The van der Waals surface area contributed by atoms with Crippen molar-refractivity contribution in [2.45, 2.75) is 13.1 Å². The van der Waals surface area contributed by atoms with Crippen molar-refractivity contribution in [1.82, 2.24) is 60.8 Å². The predicted molar refractivity (Wildman–Crippen MR) is 498 cm³/mol. The molecule has 0 saturated heterocycles. The summed E-state index contributed by atoms with van der Waals surface area (Å²) in [7, 11) is 0. The van der Waals surface area contributed by atoms with Crippen LogP contribution < -0.4 is 43.4 Å². The molecule has 25 nitrogen and oxygen atoms in total. The van der Waals surface area contributed by atoms with E-state index in [9.17, 15) is 33.6 Å². The average Bonchev–Trinajstić information content (AvgIpc) is 1.56. The van der Waals surface area contributed by atoms with Crippen LogP contribution in [0.1, 0.15) is 111 Å². The number of anilines is 4. The molecule has 5 aliphatic carbocycles. The van der Waals surface area contributed by atoms with Crippen molar-refractivity contribution in [3.63, 3.8) is 0 Å². The van der Waals surface area contributed by atoms with Crippen LogP contribution >= 0.6 is 11.6 Å². The summed E-state index contributed by atoms with van der Waals surface area (Å²) in [6, 6.07) is 95.0. The number of aromatic amines is 3. The minimum Gasteiger partial charge on any atom is -0.372 e. The molecule has 0 bridgehead atoms. The second-order valence-corrected chi connectivity index (χ2v) is 31.1. The lowest BCUT2D eigenvalue weighted by molar-refractivity contribution is 0.0948. The maximum absolute atomic E-state index is 13.6. The standard InChI is InChI=1S/C29H22N4O2.C22H16N4O2.C22H18N4O.C15H12N4O.C14H7ClN2O/c34-28-22-14-8-16-24-26(22)27(32-33(24)17-19-9-3-1-4-10-19)21-13-7-15-23(25(21)28)30-18-31-29(35)20-11-5-2-6-12-20;27-21-15-9-5-11-17-18(15)20(26-25-17)14-8-4-10-16(19(14)21)23-12-24-22(28)13-6-2-1-3-7-13;23-13-24-17-10-4-8-15-19(17)22(27)16-9-5-11-18-20(16)21(15)25-26(18)12-14-6-2-1-3-7-14;16-7-17-10-5-1-3-8-13(10)15(20)9-4-2-6-11-12(9)14(8)19-18-11;15-9-5-1-3-7-11(9)14(18)8-4-2-6-10-12(8)13(7)17-16-10/h1-16,30H,17-18H2,(H,31,35);1-11,23H,12H2,(H,24,28)(H,25,26);1-11,24H,12-13,23H2;1-6,17H,7,16H2,(H,18,19);1-6H,(H,16,17). The van der Waals surface area contributed by atoms with Gasteiger partial charge in [0.05, 0.1) is 100 Å². The van der Waals surface area contributed by atoms with Gasteiger partial charge >= 0.3 is 0 Å². The number of hydrogen-bond acceptors (Lipinski definition) is 18. The zero-order valence-corrected chi connectivity index (χ0v) is 68.9. The topological polar surface area (TPSA) is 365 Å². The smallest absolute Gasteiger partial charge is 0.252 e. The molecule has 14 aromatic carbocycles. The number of fused-ring (bicyclic) bond motifs is 10. The number of nitrogens with zero attached hydrogens (tertiary/aromatic N) is 7. The van der Waals surface area contributed by atoms with Gasteiger partial charge in [0.15, 0.2) is 28.9 Å². The molecule has 0 aliphatic heterocycles. The highest BCUT2D eigenvalue weighted by Gasteiger charge is 2.36. The SMILES string of the molecule is NCNc1cccc2c1C(=O)c1cccc3[nH]nc-2c13.NCNc1cccc2c1C(=O)c1cccc3c1c-2nn3Cc1ccccc1.O=C(NCNc1cccc2c1C(=O)c1cccc3[nH]nc-2c13)c1ccccc1.O=C(NCNc1cccc2c1C(=O)c1cccc3c1c-2nn3Cc1ccccc1)c1ccccc1.O=C1c2c(Cl)cccc2-c2n[nH]c3cccc1c23. The quantitative estimate of drug-likeness (QED) is 0.0400. The number of nitrogens with two attached hydrogens (primary N) is 2. The summed E-state index contributed by atoms with van der Waals surface area (Å²) >= 11 is 6.15. The van der Waals surface area contributed by atoms with Gasteiger partial charge in [0.25, 0.3) is 11.8 Å². The Kier molecular flexibility index (Phi) is 21.0. The molecule has 19 aromatic rings. The lowest BCUT2D eigenvalue weighted by atomic mass is 9.86. The van der Waals surface area contributed by atoms with Gasteiger partial charge in [0, 0.05) is 116 Å². The second-order valence-electron chi connectivity index (χ2n) is 30.7. The third-order valence-corrected chi connectivity index (χ3v) is 23.6. The number of carbonyl (C=O) groups is 7. The summed E-state index contributed by atoms with van der Waals surface area (Å²) in [5, 5.41) is 55.0. The summed E-state index contributed by atoms with van der Waals surface area (Å²) in [4.78, 5) is 89.9. The van der Waals surface area contributed by atoms with E-state index in [4.69, 9.17) is 33.3 Å². The van der Waals surface area contributed by atoms with Crippen LogP contribution in [0.4, 0.5) is 22.7 Å². The number of halogens is 1. The van der Waals surface area contributed by atoms with E-state index in [0.717, 1.165) is 128 Å². The van der Waals surface area contributed by atoms with Gasteiger partial charge in [-0.3, -0.25) is 58.2 Å². The van der Waals surface area contributed by atoms with Gasteiger partial charge in [-0.25, -0.2) is 0 Å². The molecule has 0 atom stereocenters. The van der Waals surface area contributed by atoms with E-state index < -0.39 is 0 Å². The van der Waals surface area contributed by atoms with Crippen molar-refractivity contribution in [2.75, 3.05) is 47.9 Å². The van der Waals surface area contributed by atoms with Gasteiger partial charge < -0.3 is 43.4 Å². The molecule has 0 spiro atoms. The fraction of sp³-hybridized carbons (Fsp3) is 0.0588. The second kappa shape index (κ2) is 33.8. The number of rotatable bonds is 16. The Bertz CT molecular complexity index is 7730. The molecule has 13 N–H and O–H groups in total. The Morgan fingerprint density at radius 1 is 0.297 bits per heavy atom. The highest BCUT2D eigenvalue weighted by molar-refractivity contribution is 6.38. The Morgan fingerprint density at radius 2 is 0.578 bits per heavy atom. The molecule has 5 heterocycles. The largest absolute Gasteiger partial charge is 0.372 e. The van der Waals surface area contributed by atoms with Crippen molar-refractivity contribution in [2.24, 2.45) is 11.5 Å². The molecule has 622 valence electrons. The summed E-state index contributed by atoms with van der Waals surface area (Å²) in [5.74, 6) is -0.462. The van der Waals surface area contributed by atoms with Crippen LogP contribution in [0.3, 0.4) is 0 Å². The molecule has 5 aromatic heterocycles. The van der Waals surface area contributed by atoms with Crippen LogP contribution in [0.25, 0.3) is 111 Å². The monoisotopic (exact) mass is 1700 g/mol. The fourth-order valence-corrected chi connectivity index (χ4v) is 17.8. The van der Waals surface area contributed by atoms with E-state index in [1.807, 2.05) is 258 Å². The summed E-state index contributed by atoms with van der Waals surface area (Å²) in [6.07, 6.45) is 0. The van der Waals surface area contributed by atoms with E-state index in [1.54, 1.807) is 30.3 Å². The minimum absolute atomic E-state index is 0.0102. The molecule has 0 radical (unpaired) electrons. The van der Waals surface area contributed by atoms with Gasteiger partial charge in [-0.15, -0.1) is 0 Å². The van der Waals surface area contributed by atoms with Gasteiger partial charge in [0.1, 0.15) is 28.5 Å². The zero-order valence-electron chi connectivity index (χ0n) is 68.1. The van der Waals surface area contributed by atoms with Crippen LogP contribution in [0, 0.1) is 0 Å². The van der Waals surface area contributed by atoms with Gasteiger partial charge in [-0.05, 0) is 96.1 Å². The highest BCUT2D eigenvalue weighted by Crippen LogP contribution is 2.47. The van der Waals surface area contributed by atoms with Crippen LogP contribution in [0.2, 0.25) is 5.02 Å². The molecule has 26 heteroatoms.